The number of hydrazine groups is 5. The molecule has 1 heterocycles. The Morgan fingerprint density at radius 3 is 1.11 bits per heavy atom. The molecule has 1 fully saturated rings. The largest absolute Gasteiger partial charge is 0.239 e. The fraction of sp³-hybridized carbons (Fsp3) is 1.00. The molecule has 1 saturated heterocycles. The number of hydrogen-bond donors (Lipinski definition) is 0. The van der Waals surface area contributed by atoms with Crippen LogP contribution in [-0.4, -0.2) is 60.4 Å². The summed E-state index contributed by atoms with van der Waals surface area (Å²) in [5.74, 6) is 0. The Kier molecular flexibility index (Phi) is 3.63. The monoisotopic (exact) mass is 282 g/mol. The van der Waals surface area contributed by atoms with Gasteiger partial charge in [0.15, 0.2) is 20.1 Å². The molecule has 0 unspecified atom stereocenters. The summed E-state index contributed by atoms with van der Waals surface area (Å²) >= 11 is 0. The number of hydrogen-bond acceptors (Lipinski definition) is 8. The van der Waals surface area contributed by atoms with Gasteiger partial charge in [-0.1, -0.05) is 10.0 Å². The van der Waals surface area contributed by atoms with Crippen molar-refractivity contribution >= 4 is 0 Å². The van der Waals surface area contributed by atoms with Crippen LogP contribution in [0.5, 0.6) is 0 Å². The molecule has 0 atom stereocenters. The number of rotatable bonds is 4. The van der Waals surface area contributed by atoms with E-state index in [1.54, 1.807) is 0 Å². The third kappa shape index (κ3) is 2.92. The molecule has 0 aromatic heterocycles. The second-order valence-corrected chi connectivity index (χ2v) is 3.13. The Bertz CT molecular complexity index is 386. The van der Waals surface area contributed by atoms with E-state index in [1.165, 1.54) is 0 Å². The molecule has 1 rings (SSSR count). The van der Waals surface area contributed by atoms with Gasteiger partial charge in [0.1, 0.15) is 0 Å². The molecule has 106 valence electrons. The van der Waals surface area contributed by atoms with Crippen LogP contribution >= 0.6 is 0 Å². The maximum Gasteiger partial charge on any atom is 0.239 e. The lowest BCUT2D eigenvalue weighted by Crippen LogP contribution is -2.53. The zero-order valence-corrected chi connectivity index (χ0v) is 8.97. The summed E-state index contributed by atoms with van der Waals surface area (Å²) in [5.41, 5.74) is 0. The Balaban J connectivity index is 3.11. The predicted octanol–water partition coefficient (Wildman–Crippen LogP) is -2.24. The van der Waals surface area contributed by atoms with Gasteiger partial charge in [0.05, 0.1) is 10.2 Å². The van der Waals surface area contributed by atoms with Crippen LogP contribution in [0.1, 0.15) is 0 Å². The van der Waals surface area contributed by atoms with Gasteiger partial charge >= 0.3 is 0 Å². The third-order valence-electron chi connectivity index (χ3n) is 2.01. The van der Waals surface area contributed by atoms with Crippen LogP contribution < -0.4 is 0 Å². The van der Waals surface area contributed by atoms with Gasteiger partial charge in [-0.25, -0.2) is 40.5 Å². The quantitative estimate of drug-likeness (QED) is 0.399. The fourth-order valence-electron chi connectivity index (χ4n) is 1.19. The maximum atomic E-state index is 10.6. The maximum absolute atomic E-state index is 10.6. The van der Waals surface area contributed by atoms with E-state index in [9.17, 15) is 40.5 Å². The van der Waals surface area contributed by atoms with Crippen molar-refractivity contribution in [1.82, 2.24) is 20.3 Å². The summed E-state index contributed by atoms with van der Waals surface area (Å²) in [7, 11) is 0. The topological polar surface area (TPSA) is 186 Å². The second-order valence-electron chi connectivity index (χ2n) is 3.13. The first-order valence-electron chi connectivity index (χ1n) is 4.36. The van der Waals surface area contributed by atoms with Gasteiger partial charge in [0.25, 0.3) is 0 Å². The zero-order valence-electron chi connectivity index (χ0n) is 8.97. The van der Waals surface area contributed by atoms with E-state index in [0.717, 1.165) is 0 Å². The van der Waals surface area contributed by atoms with Crippen LogP contribution in [0.3, 0.4) is 0 Å². The smallest absolute Gasteiger partial charge is 0.235 e. The minimum atomic E-state index is -1.28. The molecule has 16 nitrogen and oxygen atoms in total. The molecule has 0 bridgehead atoms. The fourth-order valence-corrected chi connectivity index (χ4v) is 1.19. The van der Waals surface area contributed by atoms with Crippen molar-refractivity contribution in [1.29, 1.82) is 0 Å². The van der Waals surface area contributed by atoms with Crippen LogP contribution in [0.15, 0.2) is 0 Å². The summed E-state index contributed by atoms with van der Waals surface area (Å²) in [6.07, 6.45) is 0. The minimum Gasteiger partial charge on any atom is -0.235 e. The lowest BCUT2D eigenvalue weighted by Gasteiger charge is -2.16. The molecule has 0 aromatic carbocycles. The molecule has 0 radical (unpaired) electrons. The molecule has 1 aliphatic heterocycles. The number of nitrogens with zero attached hydrogens (tertiary/aromatic N) is 8. The van der Waals surface area contributed by atoms with Crippen molar-refractivity contribution in [3.63, 3.8) is 0 Å². The van der Waals surface area contributed by atoms with Crippen molar-refractivity contribution in [3.05, 3.63) is 40.5 Å². The third-order valence-corrected chi connectivity index (χ3v) is 2.01. The van der Waals surface area contributed by atoms with Gasteiger partial charge in [0, 0.05) is 0 Å². The van der Waals surface area contributed by atoms with Gasteiger partial charge in [-0.05, 0) is 0 Å². The molecule has 0 aliphatic carbocycles. The predicted molar refractivity (Wildman–Crippen MR) is 49.9 cm³/mol. The van der Waals surface area contributed by atoms with Crippen molar-refractivity contribution in [2.24, 2.45) is 0 Å². The summed E-state index contributed by atoms with van der Waals surface area (Å²) in [6.45, 7) is -3.19. The van der Waals surface area contributed by atoms with Gasteiger partial charge in [-0.15, -0.1) is 0 Å². The van der Waals surface area contributed by atoms with Gasteiger partial charge in [0.2, 0.25) is 20.0 Å². The molecule has 0 N–H and O–H groups in total. The first-order valence-corrected chi connectivity index (χ1v) is 4.36. The zero-order chi connectivity index (χ0) is 14.7. The Labute approximate surface area is 102 Å². The van der Waals surface area contributed by atoms with Crippen molar-refractivity contribution < 1.29 is 20.1 Å². The van der Waals surface area contributed by atoms with E-state index in [-0.39, 0.29) is 20.3 Å². The van der Waals surface area contributed by atoms with E-state index in [2.05, 4.69) is 0 Å². The van der Waals surface area contributed by atoms with Gasteiger partial charge in [-0.3, -0.25) is 0 Å². The molecule has 0 aromatic rings. The van der Waals surface area contributed by atoms with Crippen LogP contribution in [0.2, 0.25) is 0 Å². The molecule has 19 heavy (non-hydrogen) atoms. The van der Waals surface area contributed by atoms with Crippen LogP contribution in [0.4, 0.5) is 0 Å². The normalized spacial score (nSPS) is 16.0. The van der Waals surface area contributed by atoms with E-state index < -0.39 is 40.1 Å². The van der Waals surface area contributed by atoms with Crippen LogP contribution in [0, 0.1) is 40.5 Å². The summed E-state index contributed by atoms with van der Waals surface area (Å²) in [5, 5.41) is 37.3. The Morgan fingerprint density at radius 2 is 0.895 bits per heavy atom. The van der Waals surface area contributed by atoms with E-state index in [1.807, 2.05) is 0 Å². The first-order chi connectivity index (χ1) is 8.73. The van der Waals surface area contributed by atoms with E-state index in [0.29, 0.717) is 0 Å². The average Bonchev–Trinajstić information content (AvgIpc) is 2.48. The molecular formula is C3H6N8O8. The summed E-state index contributed by atoms with van der Waals surface area (Å²) in [4.78, 5) is 42.4. The lowest BCUT2D eigenvalue weighted by molar-refractivity contribution is -0.844. The van der Waals surface area contributed by atoms with Gasteiger partial charge in [-0.2, -0.15) is 0 Å². The highest BCUT2D eigenvalue weighted by molar-refractivity contribution is 4.47. The summed E-state index contributed by atoms with van der Waals surface area (Å²) < 4.78 is 0. The Morgan fingerprint density at radius 1 is 0.579 bits per heavy atom. The van der Waals surface area contributed by atoms with E-state index in [4.69, 9.17) is 0 Å². The highest BCUT2D eigenvalue weighted by atomic mass is 16.7. The van der Waals surface area contributed by atoms with Crippen LogP contribution in [-0.2, 0) is 0 Å². The standard InChI is InChI=1S/C3H6N8O8/c12-8(13)4-1-5(9(14)15)3-7(11(18)19)6(2-4)10(16)17/h1-3H2. The Hall–Kier alpha value is -3.20. The van der Waals surface area contributed by atoms with Gasteiger partial charge < -0.3 is 0 Å². The molecule has 16 heteroatoms. The summed E-state index contributed by atoms with van der Waals surface area (Å²) in [6, 6.07) is 0. The van der Waals surface area contributed by atoms with Crippen LogP contribution in [0.25, 0.3) is 0 Å². The van der Waals surface area contributed by atoms with Crippen molar-refractivity contribution in [2.75, 3.05) is 20.0 Å². The molecule has 0 amide bonds. The second kappa shape index (κ2) is 4.98. The minimum absolute atomic E-state index is 0.0924. The first kappa shape index (κ1) is 13.9. The SMILES string of the molecule is O=[N+]([O-])N1CN([N+](=O)[O-])CN([N+](=O)[O-])N([N+](=O)[O-])C1. The van der Waals surface area contributed by atoms with Crippen molar-refractivity contribution in [3.8, 4) is 0 Å². The average molecular weight is 282 g/mol. The molecular weight excluding hydrogens is 276 g/mol. The number of nitro groups is 4. The van der Waals surface area contributed by atoms with E-state index >= 15 is 0 Å². The highest BCUT2D eigenvalue weighted by Gasteiger charge is 2.45. The molecule has 1 aliphatic rings. The lowest BCUT2D eigenvalue weighted by atomic mass is 10.8. The highest BCUT2D eigenvalue weighted by Crippen LogP contribution is 2.10. The molecule has 0 spiro atoms. The van der Waals surface area contributed by atoms with Crippen molar-refractivity contribution in [2.45, 2.75) is 0 Å². The molecule has 0 saturated carbocycles.